The molecule has 1 saturated carbocycles. The highest BCUT2D eigenvalue weighted by Crippen LogP contribution is 2.28. The van der Waals surface area contributed by atoms with E-state index in [-0.39, 0.29) is 6.04 Å². The molecule has 0 aromatic heterocycles. The Kier molecular flexibility index (Phi) is 5.45. The van der Waals surface area contributed by atoms with Crippen LogP contribution in [-0.2, 0) is 4.74 Å². The molecule has 1 aliphatic rings. The summed E-state index contributed by atoms with van der Waals surface area (Å²) >= 11 is 0. The molecule has 1 aliphatic carbocycles. The van der Waals surface area contributed by atoms with Crippen molar-refractivity contribution in [2.45, 2.75) is 32.7 Å². The van der Waals surface area contributed by atoms with Crippen LogP contribution in [0.15, 0.2) is 0 Å². The minimum Gasteiger partial charge on any atom is -0.380 e. The van der Waals surface area contributed by atoms with Crippen molar-refractivity contribution >= 4 is 0 Å². The standard InChI is InChI=1S/C11H24N2O/c1-9(2)11(12)7-13-5-6-14-8-10-3-4-10/h9-11,13H,3-8,12H2,1-2H3. The highest BCUT2D eigenvalue weighted by Gasteiger charge is 2.20. The maximum atomic E-state index is 5.89. The van der Waals surface area contributed by atoms with Gasteiger partial charge in [-0.3, -0.25) is 0 Å². The first-order valence-corrected chi connectivity index (χ1v) is 5.74. The summed E-state index contributed by atoms with van der Waals surface area (Å²) < 4.78 is 5.50. The minimum atomic E-state index is 0.262. The van der Waals surface area contributed by atoms with E-state index in [4.69, 9.17) is 10.5 Å². The van der Waals surface area contributed by atoms with E-state index in [0.717, 1.165) is 32.2 Å². The van der Waals surface area contributed by atoms with E-state index in [0.29, 0.717) is 5.92 Å². The summed E-state index contributed by atoms with van der Waals surface area (Å²) in [5, 5.41) is 3.31. The molecule has 0 radical (unpaired) electrons. The van der Waals surface area contributed by atoms with Crippen molar-refractivity contribution in [1.82, 2.24) is 5.32 Å². The fraction of sp³-hybridized carbons (Fsp3) is 1.00. The monoisotopic (exact) mass is 200 g/mol. The van der Waals surface area contributed by atoms with Crippen LogP contribution >= 0.6 is 0 Å². The summed E-state index contributed by atoms with van der Waals surface area (Å²) in [6.07, 6.45) is 2.73. The zero-order chi connectivity index (χ0) is 10.4. The highest BCUT2D eigenvalue weighted by molar-refractivity contribution is 4.72. The maximum absolute atomic E-state index is 5.89. The van der Waals surface area contributed by atoms with Crippen molar-refractivity contribution in [2.24, 2.45) is 17.6 Å². The first-order valence-electron chi connectivity index (χ1n) is 5.74. The van der Waals surface area contributed by atoms with Crippen LogP contribution in [-0.4, -0.2) is 32.3 Å². The van der Waals surface area contributed by atoms with E-state index in [1.165, 1.54) is 12.8 Å². The summed E-state index contributed by atoms with van der Waals surface area (Å²) in [6.45, 7) is 7.89. The Labute approximate surface area is 87.4 Å². The van der Waals surface area contributed by atoms with Gasteiger partial charge in [0.1, 0.15) is 0 Å². The summed E-state index contributed by atoms with van der Waals surface area (Å²) in [4.78, 5) is 0. The SMILES string of the molecule is CC(C)C(N)CNCCOCC1CC1. The maximum Gasteiger partial charge on any atom is 0.0591 e. The minimum absolute atomic E-state index is 0.262. The molecule has 0 aromatic carbocycles. The van der Waals surface area contributed by atoms with Gasteiger partial charge in [-0.25, -0.2) is 0 Å². The molecule has 0 saturated heterocycles. The van der Waals surface area contributed by atoms with E-state index < -0.39 is 0 Å². The summed E-state index contributed by atoms with van der Waals surface area (Å²) in [7, 11) is 0. The van der Waals surface area contributed by atoms with Gasteiger partial charge in [0.05, 0.1) is 6.61 Å². The molecule has 0 aliphatic heterocycles. The third-order valence-electron chi connectivity index (χ3n) is 2.71. The number of nitrogens with one attached hydrogen (secondary N) is 1. The first-order chi connectivity index (χ1) is 6.70. The van der Waals surface area contributed by atoms with Crippen LogP contribution < -0.4 is 11.1 Å². The molecule has 0 heterocycles. The Hall–Kier alpha value is -0.120. The largest absolute Gasteiger partial charge is 0.380 e. The lowest BCUT2D eigenvalue weighted by molar-refractivity contribution is 0.126. The van der Waals surface area contributed by atoms with Crippen molar-refractivity contribution in [3.8, 4) is 0 Å². The van der Waals surface area contributed by atoms with Gasteiger partial charge >= 0.3 is 0 Å². The van der Waals surface area contributed by atoms with Gasteiger partial charge in [-0.05, 0) is 24.7 Å². The van der Waals surface area contributed by atoms with Crippen molar-refractivity contribution < 1.29 is 4.74 Å². The third kappa shape index (κ3) is 5.58. The van der Waals surface area contributed by atoms with Gasteiger partial charge in [0.25, 0.3) is 0 Å². The molecule has 3 heteroatoms. The molecule has 3 N–H and O–H groups in total. The van der Waals surface area contributed by atoms with Gasteiger partial charge in [0.2, 0.25) is 0 Å². The molecular formula is C11H24N2O. The van der Waals surface area contributed by atoms with Gasteiger partial charge in [-0.2, -0.15) is 0 Å². The average molecular weight is 200 g/mol. The van der Waals surface area contributed by atoms with E-state index in [9.17, 15) is 0 Å². The van der Waals surface area contributed by atoms with Crippen LogP contribution in [0.5, 0.6) is 0 Å². The fourth-order valence-electron chi connectivity index (χ4n) is 1.18. The Morgan fingerprint density at radius 1 is 1.43 bits per heavy atom. The Bertz CT molecular complexity index is 146. The lowest BCUT2D eigenvalue weighted by Crippen LogP contribution is -2.39. The Morgan fingerprint density at radius 2 is 2.14 bits per heavy atom. The lowest BCUT2D eigenvalue weighted by Gasteiger charge is -2.16. The van der Waals surface area contributed by atoms with Crippen molar-refractivity contribution in [3.05, 3.63) is 0 Å². The van der Waals surface area contributed by atoms with Crippen molar-refractivity contribution in [3.63, 3.8) is 0 Å². The van der Waals surface area contributed by atoms with E-state index in [2.05, 4.69) is 19.2 Å². The summed E-state index contributed by atoms with van der Waals surface area (Å²) in [5.74, 6) is 1.42. The van der Waals surface area contributed by atoms with Gasteiger partial charge < -0.3 is 15.8 Å². The molecule has 1 rings (SSSR count). The predicted octanol–water partition coefficient (Wildman–Crippen LogP) is 0.986. The van der Waals surface area contributed by atoms with Crippen molar-refractivity contribution in [2.75, 3.05) is 26.3 Å². The van der Waals surface area contributed by atoms with Gasteiger partial charge in [0.15, 0.2) is 0 Å². The van der Waals surface area contributed by atoms with Crippen LogP contribution in [0.2, 0.25) is 0 Å². The second-order valence-corrected chi connectivity index (χ2v) is 4.63. The predicted molar refractivity (Wildman–Crippen MR) is 59.2 cm³/mol. The molecule has 1 atom stereocenters. The second-order valence-electron chi connectivity index (χ2n) is 4.63. The summed E-state index contributed by atoms with van der Waals surface area (Å²) in [5.41, 5.74) is 5.89. The van der Waals surface area contributed by atoms with Gasteiger partial charge in [-0.15, -0.1) is 0 Å². The van der Waals surface area contributed by atoms with Crippen LogP contribution in [0.3, 0.4) is 0 Å². The van der Waals surface area contributed by atoms with Crippen LogP contribution in [0.1, 0.15) is 26.7 Å². The zero-order valence-electron chi connectivity index (χ0n) is 9.46. The summed E-state index contributed by atoms with van der Waals surface area (Å²) in [6, 6.07) is 0.262. The van der Waals surface area contributed by atoms with Crippen molar-refractivity contribution in [1.29, 1.82) is 0 Å². The van der Waals surface area contributed by atoms with Crippen LogP contribution in [0.25, 0.3) is 0 Å². The highest BCUT2D eigenvalue weighted by atomic mass is 16.5. The van der Waals surface area contributed by atoms with E-state index in [1.807, 2.05) is 0 Å². The van der Waals surface area contributed by atoms with Crippen LogP contribution in [0.4, 0.5) is 0 Å². The molecule has 1 unspecified atom stereocenters. The molecule has 84 valence electrons. The van der Waals surface area contributed by atoms with E-state index in [1.54, 1.807) is 0 Å². The van der Waals surface area contributed by atoms with Crippen LogP contribution in [0, 0.1) is 11.8 Å². The third-order valence-corrected chi connectivity index (χ3v) is 2.71. The molecular weight excluding hydrogens is 176 g/mol. The topological polar surface area (TPSA) is 47.3 Å². The number of nitrogens with two attached hydrogens (primary N) is 1. The number of hydrogen-bond acceptors (Lipinski definition) is 3. The average Bonchev–Trinajstić information content (AvgIpc) is 2.94. The number of rotatable bonds is 8. The zero-order valence-corrected chi connectivity index (χ0v) is 9.46. The first kappa shape index (κ1) is 12.0. The fourth-order valence-corrected chi connectivity index (χ4v) is 1.18. The molecule has 1 fully saturated rings. The normalized spacial score (nSPS) is 18.9. The molecule has 0 aromatic rings. The second kappa shape index (κ2) is 6.38. The Morgan fingerprint density at radius 3 is 2.71 bits per heavy atom. The van der Waals surface area contributed by atoms with E-state index >= 15 is 0 Å². The quantitative estimate of drug-likeness (QED) is 0.574. The number of hydrogen-bond donors (Lipinski definition) is 2. The molecule has 0 amide bonds. The van der Waals surface area contributed by atoms with Gasteiger partial charge in [-0.1, -0.05) is 13.8 Å². The molecule has 3 nitrogen and oxygen atoms in total. The molecule has 0 spiro atoms. The molecule has 0 bridgehead atoms. The number of ether oxygens (including phenoxy) is 1. The lowest BCUT2D eigenvalue weighted by atomic mass is 10.1. The van der Waals surface area contributed by atoms with Gasteiger partial charge in [0, 0.05) is 25.7 Å². The smallest absolute Gasteiger partial charge is 0.0591 e. The Balaban J connectivity index is 1.78. The molecule has 14 heavy (non-hydrogen) atoms.